The van der Waals surface area contributed by atoms with Crippen LogP contribution in [0.15, 0.2) is 4.63 Å². The number of fused-ring (bicyclic) bond motifs is 1. The fourth-order valence-electron chi connectivity index (χ4n) is 0.808. The van der Waals surface area contributed by atoms with Gasteiger partial charge in [-0.1, -0.05) is 0 Å². The molecule has 0 spiro atoms. The van der Waals surface area contributed by atoms with Crippen LogP contribution in [0.25, 0.3) is 11.0 Å². The number of aromatic nitrogens is 4. The van der Waals surface area contributed by atoms with E-state index in [0.717, 1.165) is 0 Å². The summed E-state index contributed by atoms with van der Waals surface area (Å²) in [4.78, 5) is 0. The second-order valence-corrected chi connectivity index (χ2v) is 2.04. The molecule has 0 fully saturated rings. The van der Waals surface area contributed by atoms with Gasteiger partial charge in [0.2, 0.25) is 0 Å². The van der Waals surface area contributed by atoms with Crippen LogP contribution in [-0.4, -0.2) is 20.5 Å². The summed E-state index contributed by atoms with van der Waals surface area (Å²) < 4.78 is 4.43. The van der Waals surface area contributed by atoms with Crippen molar-refractivity contribution in [3.63, 3.8) is 0 Å². The van der Waals surface area contributed by atoms with Crippen LogP contribution >= 0.6 is 0 Å². The van der Waals surface area contributed by atoms with Crippen molar-refractivity contribution in [3.05, 3.63) is 0 Å². The molecule has 0 aliphatic carbocycles. The number of rotatable bonds is 1. The number of anilines is 2. The molecule has 0 aromatic carbocycles. The molecular weight excluding hydrogens is 162 g/mol. The van der Waals surface area contributed by atoms with Crippen molar-refractivity contribution in [1.29, 1.82) is 0 Å². The normalized spacial score (nSPS) is 10.4. The van der Waals surface area contributed by atoms with Gasteiger partial charge in [-0.25, -0.2) is 10.5 Å². The first-order chi connectivity index (χ1) is 5.83. The van der Waals surface area contributed by atoms with E-state index in [1.54, 1.807) is 0 Å². The molecule has 2 rings (SSSR count). The van der Waals surface area contributed by atoms with Gasteiger partial charge in [0, 0.05) is 0 Å². The first-order valence-electron chi connectivity index (χ1n) is 3.04. The Labute approximate surface area is 65.9 Å². The van der Waals surface area contributed by atoms with E-state index >= 15 is 0 Å². The van der Waals surface area contributed by atoms with Crippen molar-refractivity contribution in [2.24, 2.45) is 5.84 Å². The van der Waals surface area contributed by atoms with Crippen molar-refractivity contribution in [2.45, 2.75) is 0 Å². The molecule has 8 nitrogen and oxygen atoms in total. The van der Waals surface area contributed by atoms with Crippen LogP contribution in [0.5, 0.6) is 0 Å². The predicted molar refractivity (Wildman–Crippen MR) is 39.6 cm³/mol. The smallest absolute Gasteiger partial charge is 0.194 e. The first-order valence-corrected chi connectivity index (χ1v) is 3.04. The highest BCUT2D eigenvalue weighted by molar-refractivity contribution is 5.90. The topological polar surface area (TPSA) is 129 Å². The highest BCUT2D eigenvalue weighted by atomic mass is 16.6. The van der Waals surface area contributed by atoms with Gasteiger partial charge in [-0.15, -0.1) is 10.2 Å². The van der Waals surface area contributed by atoms with Gasteiger partial charge in [-0.2, -0.15) is 0 Å². The lowest BCUT2D eigenvalue weighted by molar-refractivity contribution is 0.315. The van der Waals surface area contributed by atoms with E-state index in [1.165, 1.54) is 0 Å². The summed E-state index contributed by atoms with van der Waals surface area (Å²) in [5, 5.41) is 14.3. The summed E-state index contributed by atoms with van der Waals surface area (Å²) >= 11 is 0. The van der Waals surface area contributed by atoms with Crippen LogP contribution in [0, 0.1) is 0 Å². The quantitative estimate of drug-likeness (QED) is 0.359. The van der Waals surface area contributed by atoms with Crippen molar-refractivity contribution < 1.29 is 4.63 Å². The van der Waals surface area contributed by atoms with Crippen LogP contribution < -0.4 is 17.0 Å². The number of nitrogens with zero attached hydrogens (tertiary/aromatic N) is 4. The molecule has 0 radical (unpaired) electrons. The Bertz CT molecular complexity index is 409. The Kier molecular flexibility index (Phi) is 1.27. The molecule has 8 heteroatoms. The zero-order chi connectivity index (χ0) is 8.55. The number of nitrogen functional groups attached to an aromatic ring is 2. The van der Waals surface area contributed by atoms with Crippen LogP contribution in [0.2, 0.25) is 0 Å². The molecule has 12 heavy (non-hydrogen) atoms. The maximum absolute atomic E-state index is 5.42. The molecule has 0 saturated carbocycles. The third-order valence-corrected chi connectivity index (χ3v) is 1.35. The Morgan fingerprint density at radius 1 is 1.17 bits per heavy atom. The molecule has 0 saturated heterocycles. The lowest BCUT2D eigenvalue weighted by Crippen LogP contribution is -2.10. The summed E-state index contributed by atoms with van der Waals surface area (Å²) in [7, 11) is 0. The molecule has 0 bridgehead atoms. The maximum atomic E-state index is 5.42. The summed E-state index contributed by atoms with van der Waals surface area (Å²) in [6, 6.07) is 0. The number of hydrogen-bond acceptors (Lipinski definition) is 8. The SMILES string of the molecule is NNc1nnc(N)c2nonc12. The average molecular weight is 167 g/mol. The minimum absolute atomic E-state index is 0.158. The van der Waals surface area contributed by atoms with E-state index in [0.29, 0.717) is 11.0 Å². The van der Waals surface area contributed by atoms with Gasteiger partial charge in [-0.3, -0.25) is 0 Å². The number of hydrogen-bond donors (Lipinski definition) is 3. The van der Waals surface area contributed by atoms with Crippen LogP contribution in [0.1, 0.15) is 0 Å². The summed E-state index contributed by atoms with van der Waals surface area (Å²) in [6.45, 7) is 0. The molecular formula is C4H5N7O. The lowest BCUT2D eigenvalue weighted by Gasteiger charge is -1.96. The van der Waals surface area contributed by atoms with E-state index in [-0.39, 0.29) is 11.6 Å². The minimum Gasteiger partial charge on any atom is -0.380 e. The molecule has 2 aromatic rings. The molecule has 0 unspecified atom stereocenters. The Morgan fingerprint density at radius 3 is 2.67 bits per heavy atom. The van der Waals surface area contributed by atoms with Crippen LogP contribution in [-0.2, 0) is 0 Å². The largest absolute Gasteiger partial charge is 0.380 e. The van der Waals surface area contributed by atoms with E-state index in [1.807, 2.05) is 0 Å². The van der Waals surface area contributed by atoms with Crippen LogP contribution in [0.4, 0.5) is 11.6 Å². The fraction of sp³-hybridized carbons (Fsp3) is 0. The van der Waals surface area contributed by atoms with Crippen molar-refractivity contribution in [2.75, 3.05) is 11.2 Å². The predicted octanol–water partition coefficient (Wildman–Crippen LogP) is -1.12. The monoisotopic (exact) mass is 167 g/mol. The fourth-order valence-corrected chi connectivity index (χ4v) is 0.808. The zero-order valence-corrected chi connectivity index (χ0v) is 5.85. The van der Waals surface area contributed by atoms with E-state index in [4.69, 9.17) is 11.6 Å². The lowest BCUT2D eigenvalue weighted by atomic mass is 10.4. The summed E-state index contributed by atoms with van der Waals surface area (Å²) in [6.07, 6.45) is 0. The number of nitrogens with one attached hydrogen (secondary N) is 1. The van der Waals surface area contributed by atoms with Gasteiger partial charge in [0.1, 0.15) is 0 Å². The molecule has 0 amide bonds. The molecule has 0 aliphatic rings. The first kappa shape index (κ1) is 6.73. The molecule has 2 aromatic heterocycles. The van der Waals surface area contributed by atoms with Gasteiger partial charge in [-0.05, 0) is 10.3 Å². The van der Waals surface area contributed by atoms with Crippen LogP contribution in [0.3, 0.4) is 0 Å². The Morgan fingerprint density at radius 2 is 1.92 bits per heavy atom. The zero-order valence-electron chi connectivity index (χ0n) is 5.85. The highest BCUT2D eigenvalue weighted by Gasteiger charge is 2.11. The second kappa shape index (κ2) is 2.27. The summed E-state index contributed by atoms with van der Waals surface area (Å²) in [5.41, 5.74) is 8.42. The molecule has 2 heterocycles. The van der Waals surface area contributed by atoms with Crippen molar-refractivity contribution >= 4 is 22.7 Å². The van der Waals surface area contributed by atoms with E-state index in [9.17, 15) is 0 Å². The van der Waals surface area contributed by atoms with Crippen molar-refractivity contribution in [3.8, 4) is 0 Å². The molecule has 5 N–H and O–H groups in total. The Balaban J connectivity index is 2.82. The van der Waals surface area contributed by atoms with E-state index in [2.05, 4.69) is 30.6 Å². The standard InChI is InChI=1S/C4H5N7O/c5-3-1-2(11-12-10-1)4(7-6)9-8-3/h6H2,(H2,5,8)(H,7,9). The molecule has 0 aliphatic heterocycles. The van der Waals surface area contributed by atoms with Gasteiger partial charge < -0.3 is 11.2 Å². The van der Waals surface area contributed by atoms with Gasteiger partial charge in [0.25, 0.3) is 0 Å². The molecule has 0 atom stereocenters. The Hall–Kier alpha value is -1.96. The van der Waals surface area contributed by atoms with Crippen molar-refractivity contribution in [1.82, 2.24) is 20.5 Å². The second-order valence-electron chi connectivity index (χ2n) is 2.04. The van der Waals surface area contributed by atoms with Gasteiger partial charge >= 0.3 is 0 Å². The minimum atomic E-state index is 0.158. The number of nitrogens with two attached hydrogens (primary N) is 2. The van der Waals surface area contributed by atoms with E-state index < -0.39 is 0 Å². The third-order valence-electron chi connectivity index (χ3n) is 1.35. The third kappa shape index (κ3) is 0.751. The number of hydrazine groups is 1. The average Bonchev–Trinajstić information content (AvgIpc) is 2.54. The maximum Gasteiger partial charge on any atom is 0.194 e. The van der Waals surface area contributed by atoms with Gasteiger partial charge in [0.05, 0.1) is 0 Å². The molecule has 62 valence electrons. The highest BCUT2D eigenvalue weighted by Crippen LogP contribution is 2.18. The summed E-state index contributed by atoms with van der Waals surface area (Å²) in [5.74, 6) is 5.56. The van der Waals surface area contributed by atoms with Gasteiger partial charge in [0.15, 0.2) is 22.7 Å².